The van der Waals surface area contributed by atoms with Crippen molar-refractivity contribution in [2.45, 2.75) is 65.4 Å². The Bertz CT molecular complexity index is 1630. The molecule has 0 unspecified atom stereocenters. The van der Waals surface area contributed by atoms with Crippen molar-refractivity contribution >= 4 is 35.3 Å². The van der Waals surface area contributed by atoms with Gasteiger partial charge in [-0.2, -0.15) is 4.98 Å². The molecular weight excluding hydrogens is 611 g/mol. The van der Waals surface area contributed by atoms with Crippen molar-refractivity contribution in [1.82, 2.24) is 19.9 Å². The molecule has 1 aromatic carbocycles. The maximum Gasteiger partial charge on any atom is 0.416 e. The minimum Gasteiger partial charge on any atom is -0.447 e. The van der Waals surface area contributed by atoms with Crippen LogP contribution in [-0.2, 0) is 9.47 Å². The van der Waals surface area contributed by atoms with E-state index in [0.717, 1.165) is 5.56 Å². The van der Waals surface area contributed by atoms with Crippen LogP contribution < -0.4 is 15.1 Å². The van der Waals surface area contributed by atoms with Crippen molar-refractivity contribution in [2.75, 3.05) is 48.9 Å². The quantitative estimate of drug-likeness (QED) is 0.194. The first-order chi connectivity index (χ1) is 22.0. The van der Waals surface area contributed by atoms with Gasteiger partial charge in [0.05, 0.1) is 22.3 Å². The number of alkyl halides is 1. The Labute approximate surface area is 273 Å². The smallest absolute Gasteiger partial charge is 0.416 e. The van der Waals surface area contributed by atoms with E-state index < -0.39 is 41.0 Å². The Hall–Kier alpha value is -4.92. The minimum atomic E-state index is -1.32. The van der Waals surface area contributed by atoms with E-state index in [4.69, 9.17) is 9.47 Å². The summed E-state index contributed by atoms with van der Waals surface area (Å²) >= 11 is 0. The summed E-state index contributed by atoms with van der Waals surface area (Å²) in [6, 6.07) is 6.68. The van der Waals surface area contributed by atoms with Gasteiger partial charge >= 0.3 is 12.2 Å². The lowest BCUT2D eigenvalue weighted by Gasteiger charge is -2.28. The predicted octanol–water partition coefficient (Wildman–Crippen LogP) is 5.91. The fraction of sp³-hybridized carbons (Fsp3) is 0.469. The van der Waals surface area contributed by atoms with Crippen LogP contribution in [0.3, 0.4) is 0 Å². The first-order valence-corrected chi connectivity index (χ1v) is 15.2. The number of nitrogens with one attached hydrogen (secondary N) is 1. The first kappa shape index (κ1) is 34.9. The number of carbonyl (C=O) groups is 2. The number of hydrogen-bond donors (Lipinski definition) is 1. The van der Waals surface area contributed by atoms with E-state index >= 15 is 0 Å². The van der Waals surface area contributed by atoms with Gasteiger partial charge in [-0.15, -0.1) is 0 Å². The van der Waals surface area contributed by atoms with Gasteiger partial charge < -0.3 is 19.7 Å². The molecule has 14 nitrogen and oxygen atoms in total. The summed E-state index contributed by atoms with van der Waals surface area (Å²) in [7, 11) is 3.74. The van der Waals surface area contributed by atoms with Crippen molar-refractivity contribution in [3.05, 3.63) is 64.1 Å². The van der Waals surface area contributed by atoms with Gasteiger partial charge in [0, 0.05) is 43.2 Å². The number of likely N-dealkylation sites (N-methyl/N-ethyl adjacent to an activating group) is 1. The lowest BCUT2D eigenvalue weighted by molar-refractivity contribution is -0.384. The molecule has 1 aliphatic rings. The number of nitro benzene ring substituents is 1. The maximum atomic E-state index is 14.1. The lowest BCUT2D eigenvalue weighted by Crippen LogP contribution is -2.40. The molecule has 0 saturated carbocycles. The number of anilines is 3. The Morgan fingerprint density at radius 3 is 2.55 bits per heavy atom. The molecule has 15 heteroatoms. The Balaban J connectivity index is 1.62. The number of cyclic esters (lactones) is 1. The van der Waals surface area contributed by atoms with Crippen molar-refractivity contribution < 1.29 is 28.4 Å². The minimum absolute atomic E-state index is 0.0730. The van der Waals surface area contributed by atoms with Crippen LogP contribution in [0.15, 0.2) is 42.7 Å². The molecule has 47 heavy (non-hydrogen) atoms. The first-order valence-electron chi connectivity index (χ1n) is 15.2. The number of aryl methyl sites for hydroxylation is 1. The number of halogens is 1. The molecule has 2 amide bonds. The largest absolute Gasteiger partial charge is 0.447 e. The van der Waals surface area contributed by atoms with Gasteiger partial charge in [0.2, 0.25) is 5.95 Å². The number of amides is 2. The van der Waals surface area contributed by atoms with Crippen LogP contribution in [0.5, 0.6) is 0 Å². The molecule has 1 fully saturated rings. The van der Waals surface area contributed by atoms with Crippen LogP contribution >= 0.6 is 0 Å². The van der Waals surface area contributed by atoms with Crippen LogP contribution in [0.1, 0.15) is 51.9 Å². The fourth-order valence-electron chi connectivity index (χ4n) is 4.93. The maximum absolute atomic E-state index is 14.1. The molecule has 0 aliphatic carbocycles. The highest BCUT2D eigenvalue weighted by molar-refractivity contribution is 5.90. The molecule has 3 atom stereocenters. The van der Waals surface area contributed by atoms with E-state index in [-0.39, 0.29) is 30.6 Å². The molecule has 0 radical (unpaired) electrons. The van der Waals surface area contributed by atoms with Gasteiger partial charge in [-0.3, -0.25) is 24.9 Å². The number of hydrogen-bond acceptors (Lipinski definition) is 11. The zero-order chi connectivity index (χ0) is 34.6. The Kier molecular flexibility index (Phi) is 10.6. The molecule has 4 rings (SSSR count). The van der Waals surface area contributed by atoms with Gasteiger partial charge in [-0.1, -0.05) is 0 Å². The summed E-state index contributed by atoms with van der Waals surface area (Å²) in [5.74, 6) is 0.408. The third-order valence-corrected chi connectivity index (χ3v) is 7.37. The Morgan fingerprint density at radius 2 is 1.94 bits per heavy atom. The van der Waals surface area contributed by atoms with Gasteiger partial charge in [-0.25, -0.2) is 19.0 Å². The summed E-state index contributed by atoms with van der Waals surface area (Å²) < 4.78 is 24.8. The highest BCUT2D eigenvalue weighted by Gasteiger charge is 2.39. The molecule has 252 valence electrons. The molecule has 3 aromatic rings. The second-order valence-electron chi connectivity index (χ2n) is 12.7. The number of ether oxygens (including phenoxy) is 2. The average Bonchev–Trinajstić information content (AvgIpc) is 3.37. The van der Waals surface area contributed by atoms with Gasteiger partial charge in [0.15, 0.2) is 0 Å². The number of nitrogens with zero attached hydrogens (tertiary/aromatic N) is 7. The molecule has 2 aromatic heterocycles. The highest BCUT2D eigenvalue weighted by Crippen LogP contribution is 2.34. The van der Waals surface area contributed by atoms with Crippen LogP contribution in [0.2, 0.25) is 0 Å². The molecule has 0 spiro atoms. The van der Waals surface area contributed by atoms with Crippen molar-refractivity contribution in [2.24, 2.45) is 0 Å². The molecule has 1 aliphatic heterocycles. The van der Waals surface area contributed by atoms with Crippen LogP contribution in [0.25, 0.3) is 11.1 Å². The number of carbonyl (C=O) groups excluding carboxylic acids is 2. The van der Waals surface area contributed by atoms with Crippen LogP contribution in [0, 0.1) is 17.0 Å². The summed E-state index contributed by atoms with van der Waals surface area (Å²) in [6.07, 6.45) is 0.468. The molecule has 3 heterocycles. The lowest BCUT2D eigenvalue weighted by atomic mass is 9.99. The van der Waals surface area contributed by atoms with Crippen molar-refractivity contribution in [3.63, 3.8) is 0 Å². The third kappa shape index (κ3) is 8.67. The number of rotatable bonds is 11. The summed E-state index contributed by atoms with van der Waals surface area (Å²) in [4.78, 5) is 54.7. The van der Waals surface area contributed by atoms with E-state index in [0.29, 0.717) is 29.1 Å². The number of nitro groups is 1. The standard InChI is InChI=1S/C32H41FN8O6/c1-19-13-26(21(3)36-29-34-10-9-28(37-29)40-27(20(2)33)18-46-31(40)43)35-17-25(19)22-14-23(16-24(15-22)41(44)45)39(12-11-38(7)8)30(42)47-32(4,5)6/h9-10,13-17,20-21,27H,11-12,18H2,1-8H3,(H,34,36,37)/t20-,21-,27+/m0/s1. The molecular formula is C32H41FN8O6. The van der Waals surface area contributed by atoms with E-state index in [1.807, 2.05) is 38.9 Å². The third-order valence-electron chi connectivity index (χ3n) is 7.37. The second-order valence-corrected chi connectivity index (χ2v) is 12.7. The Morgan fingerprint density at radius 1 is 1.21 bits per heavy atom. The monoisotopic (exact) mass is 652 g/mol. The second kappa shape index (κ2) is 14.2. The fourth-order valence-corrected chi connectivity index (χ4v) is 4.93. The molecule has 1 N–H and O–H groups in total. The number of aromatic nitrogens is 3. The SMILES string of the molecule is Cc1cc([C@H](C)Nc2nccc(N3C(=O)OC[C@@H]3[C@H](C)F)n2)ncc1-c1cc(N(CCN(C)C)C(=O)OC(C)(C)C)cc([N+](=O)[O-])c1. The zero-order valence-electron chi connectivity index (χ0n) is 27.9. The zero-order valence-corrected chi connectivity index (χ0v) is 27.9. The highest BCUT2D eigenvalue weighted by atomic mass is 19.1. The van der Waals surface area contributed by atoms with Gasteiger partial charge in [0.1, 0.15) is 30.2 Å². The van der Waals surface area contributed by atoms with Crippen LogP contribution in [0.4, 0.5) is 37.1 Å². The normalized spacial score (nSPS) is 16.1. The summed E-state index contributed by atoms with van der Waals surface area (Å²) in [5, 5.41) is 15.1. The molecule has 1 saturated heterocycles. The number of benzene rings is 1. The van der Waals surface area contributed by atoms with Gasteiger partial charge in [0.25, 0.3) is 5.69 Å². The van der Waals surface area contributed by atoms with E-state index in [1.54, 1.807) is 33.0 Å². The number of non-ortho nitro benzene ring substituents is 1. The van der Waals surface area contributed by atoms with Gasteiger partial charge in [-0.05, 0) is 85.0 Å². The van der Waals surface area contributed by atoms with Crippen molar-refractivity contribution in [3.8, 4) is 11.1 Å². The predicted molar refractivity (Wildman–Crippen MR) is 175 cm³/mol. The average molecular weight is 653 g/mol. The number of pyridine rings is 1. The van der Waals surface area contributed by atoms with Crippen LogP contribution in [-0.4, -0.2) is 88.6 Å². The van der Waals surface area contributed by atoms with E-state index in [2.05, 4.69) is 20.3 Å². The van der Waals surface area contributed by atoms with E-state index in [1.165, 1.54) is 41.1 Å². The summed E-state index contributed by atoms with van der Waals surface area (Å²) in [6.45, 7) is 11.0. The van der Waals surface area contributed by atoms with Crippen molar-refractivity contribution in [1.29, 1.82) is 0 Å². The van der Waals surface area contributed by atoms with E-state index in [9.17, 15) is 24.1 Å². The molecule has 0 bridgehead atoms. The summed E-state index contributed by atoms with van der Waals surface area (Å²) in [5.41, 5.74) is 1.93. The topological polar surface area (TPSA) is 156 Å².